The van der Waals surface area contributed by atoms with E-state index in [1.165, 1.54) is 0 Å². The van der Waals surface area contributed by atoms with Gasteiger partial charge in [-0.3, -0.25) is 9.89 Å². The molecule has 1 amide bonds. The van der Waals surface area contributed by atoms with E-state index >= 15 is 0 Å². The number of nitrogens with zero attached hydrogens (tertiary/aromatic N) is 2. The quantitative estimate of drug-likeness (QED) is 0.751. The van der Waals surface area contributed by atoms with Crippen LogP contribution in [-0.4, -0.2) is 46.4 Å². The first-order chi connectivity index (χ1) is 11.2. The van der Waals surface area contributed by atoms with Gasteiger partial charge >= 0.3 is 0 Å². The first kappa shape index (κ1) is 15.6. The molecule has 0 unspecified atom stereocenters. The van der Waals surface area contributed by atoms with Crippen molar-refractivity contribution in [2.75, 3.05) is 19.8 Å². The molecule has 1 aliphatic heterocycles. The number of nitrogens with two attached hydrogens (primary N) is 1. The fourth-order valence-electron chi connectivity index (χ4n) is 2.56. The molecule has 3 rings (SSSR count). The minimum atomic E-state index is -0.811. The molecule has 1 fully saturated rings. The van der Waals surface area contributed by atoms with Crippen LogP contribution in [0.1, 0.15) is 18.7 Å². The van der Waals surface area contributed by atoms with Crippen molar-refractivity contribution in [1.82, 2.24) is 20.5 Å². The molecule has 1 saturated heterocycles. The number of hydrogen-bond acceptors (Lipinski definition) is 5. The van der Waals surface area contributed by atoms with Gasteiger partial charge in [0.25, 0.3) is 0 Å². The second kappa shape index (κ2) is 6.89. The summed E-state index contributed by atoms with van der Waals surface area (Å²) in [4.78, 5) is 16.6. The molecule has 23 heavy (non-hydrogen) atoms. The number of aromatic nitrogens is 3. The van der Waals surface area contributed by atoms with Gasteiger partial charge < -0.3 is 15.8 Å². The van der Waals surface area contributed by atoms with Crippen molar-refractivity contribution < 1.29 is 9.53 Å². The summed E-state index contributed by atoms with van der Waals surface area (Å²) >= 11 is 0. The standard InChI is InChI=1S/C16H21N5O2/c17-16(7-10-23-11-8-16)15(22)18-9-6-13-19-14(21-20-13)12-4-2-1-3-5-12/h1-5H,6-11,17H2,(H,18,22)(H,19,20,21). The molecule has 2 heterocycles. The molecule has 0 spiro atoms. The summed E-state index contributed by atoms with van der Waals surface area (Å²) in [5.41, 5.74) is 6.28. The van der Waals surface area contributed by atoms with Crippen molar-refractivity contribution in [3.05, 3.63) is 36.2 Å². The zero-order chi connectivity index (χ0) is 16.1. The number of hydrogen-bond donors (Lipinski definition) is 3. The number of ether oxygens (including phenoxy) is 1. The largest absolute Gasteiger partial charge is 0.381 e. The van der Waals surface area contributed by atoms with Gasteiger partial charge in [0, 0.05) is 31.7 Å². The van der Waals surface area contributed by atoms with Crippen molar-refractivity contribution in [2.45, 2.75) is 24.8 Å². The molecule has 0 aliphatic carbocycles. The van der Waals surface area contributed by atoms with E-state index in [0.29, 0.717) is 44.8 Å². The Labute approximate surface area is 134 Å². The van der Waals surface area contributed by atoms with Crippen molar-refractivity contribution in [3.63, 3.8) is 0 Å². The van der Waals surface area contributed by atoms with Crippen molar-refractivity contribution in [2.24, 2.45) is 5.73 Å². The fraction of sp³-hybridized carbons (Fsp3) is 0.438. The Balaban J connectivity index is 1.51. The van der Waals surface area contributed by atoms with Crippen LogP contribution in [-0.2, 0) is 16.0 Å². The van der Waals surface area contributed by atoms with Crippen molar-refractivity contribution in [3.8, 4) is 11.4 Å². The molecule has 7 heteroatoms. The lowest BCUT2D eigenvalue weighted by Gasteiger charge is -2.31. The Kier molecular flexibility index (Phi) is 4.68. The summed E-state index contributed by atoms with van der Waals surface area (Å²) in [6.07, 6.45) is 1.69. The van der Waals surface area contributed by atoms with Crippen LogP contribution < -0.4 is 11.1 Å². The highest BCUT2D eigenvalue weighted by molar-refractivity contribution is 5.86. The Bertz CT molecular complexity index is 650. The van der Waals surface area contributed by atoms with Gasteiger partial charge in [0.2, 0.25) is 5.91 Å². The van der Waals surface area contributed by atoms with Crippen LogP contribution in [0.2, 0.25) is 0 Å². The fourth-order valence-corrected chi connectivity index (χ4v) is 2.56. The average Bonchev–Trinajstić information content (AvgIpc) is 3.05. The molecule has 122 valence electrons. The van der Waals surface area contributed by atoms with Crippen LogP contribution in [0.3, 0.4) is 0 Å². The third kappa shape index (κ3) is 3.75. The molecule has 2 aromatic rings. The van der Waals surface area contributed by atoms with E-state index in [-0.39, 0.29) is 5.91 Å². The lowest BCUT2D eigenvalue weighted by atomic mass is 9.90. The molecule has 0 atom stereocenters. The number of aromatic amines is 1. The summed E-state index contributed by atoms with van der Waals surface area (Å²) in [7, 11) is 0. The van der Waals surface area contributed by atoms with Gasteiger partial charge in [0.15, 0.2) is 5.82 Å². The molecule has 0 bridgehead atoms. The highest BCUT2D eigenvalue weighted by atomic mass is 16.5. The summed E-state index contributed by atoms with van der Waals surface area (Å²) in [6, 6.07) is 9.75. The molecule has 7 nitrogen and oxygen atoms in total. The van der Waals surface area contributed by atoms with E-state index in [2.05, 4.69) is 20.5 Å². The van der Waals surface area contributed by atoms with E-state index < -0.39 is 5.54 Å². The monoisotopic (exact) mass is 315 g/mol. The van der Waals surface area contributed by atoms with Crippen LogP contribution >= 0.6 is 0 Å². The number of H-pyrrole nitrogens is 1. The molecule has 0 saturated carbocycles. The van der Waals surface area contributed by atoms with Gasteiger partial charge in [0.05, 0.1) is 5.54 Å². The highest BCUT2D eigenvalue weighted by Crippen LogP contribution is 2.17. The van der Waals surface area contributed by atoms with Gasteiger partial charge in [-0.25, -0.2) is 4.98 Å². The lowest BCUT2D eigenvalue weighted by molar-refractivity contribution is -0.129. The SMILES string of the molecule is NC1(C(=O)NCCc2nc(-c3ccccc3)n[nH]2)CCOCC1. The third-order valence-corrected chi connectivity index (χ3v) is 4.05. The van der Waals surface area contributed by atoms with E-state index in [1.54, 1.807) is 0 Å². The molecule has 1 aromatic heterocycles. The maximum Gasteiger partial charge on any atom is 0.240 e. The summed E-state index contributed by atoms with van der Waals surface area (Å²) in [5, 5.41) is 9.98. The van der Waals surface area contributed by atoms with Crippen LogP contribution in [0.15, 0.2) is 30.3 Å². The summed E-state index contributed by atoms with van der Waals surface area (Å²) < 4.78 is 5.25. The summed E-state index contributed by atoms with van der Waals surface area (Å²) in [6.45, 7) is 1.54. The maximum absolute atomic E-state index is 12.2. The zero-order valence-corrected chi connectivity index (χ0v) is 12.9. The van der Waals surface area contributed by atoms with Gasteiger partial charge in [0.1, 0.15) is 5.82 Å². The highest BCUT2D eigenvalue weighted by Gasteiger charge is 2.35. The van der Waals surface area contributed by atoms with Crippen molar-refractivity contribution >= 4 is 5.91 Å². The zero-order valence-electron chi connectivity index (χ0n) is 12.9. The number of carbonyl (C=O) groups is 1. The van der Waals surface area contributed by atoms with E-state index in [9.17, 15) is 4.79 Å². The lowest BCUT2D eigenvalue weighted by Crippen LogP contribution is -2.57. The van der Waals surface area contributed by atoms with Gasteiger partial charge in [-0.1, -0.05) is 30.3 Å². The second-order valence-corrected chi connectivity index (χ2v) is 5.75. The molecular formula is C16H21N5O2. The summed E-state index contributed by atoms with van der Waals surface area (Å²) in [5.74, 6) is 1.28. The number of amides is 1. The van der Waals surface area contributed by atoms with Crippen LogP contribution in [0.4, 0.5) is 0 Å². The molecule has 4 N–H and O–H groups in total. The normalized spacial score (nSPS) is 16.9. The topological polar surface area (TPSA) is 106 Å². The minimum Gasteiger partial charge on any atom is -0.381 e. The van der Waals surface area contributed by atoms with E-state index in [4.69, 9.17) is 10.5 Å². The first-order valence-corrected chi connectivity index (χ1v) is 7.79. The average molecular weight is 315 g/mol. The Morgan fingerprint density at radius 1 is 1.30 bits per heavy atom. The van der Waals surface area contributed by atoms with Crippen LogP contribution in [0.5, 0.6) is 0 Å². The van der Waals surface area contributed by atoms with Gasteiger partial charge in [-0.05, 0) is 12.8 Å². The smallest absolute Gasteiger partial charge is 0.240 e. The van der Waals surface area contributed by atoms with Crippen molar-refractivity contribution in [1.29, 1.82) is 0 Å². The third-order valence-electron chi connectivity index (χ3n) is 4.05. The second-order valence-electron chi connectivity index (χ2n) is 5.75. The molecular weight excluding hydrogens is 294 g/mol. The Hall–Kier alpha value is -2.25. The number of carbonyl (C=O) groups excluding carboxylic acids is 1. The Morgan fingerprint density at radius 2 is 2.04 bits per heavy atom. The Morgan fingerprint density at radius 3 is 2.78 bits per heavy atom. The first-order valence-electron chi connectivity index (χ1n) is 7.79. The van der Waals surface area contributed by atoms with E-state index in [0.717, 1.165) is 11.4 Å². The van der Waals surface area contributed by atoms with Gasteiger partial charge in [-0.15, -0.1) is 0 Å². The predicted molar refractivity (Wildman–Crippen MR) is 85.5 cm³/mol. The van der Waals surface area contributed by atoms with Crippen LogP contribution in [0.25, 0.3) is 11.4 Å². The molecule has 0 radical (unpaired) electrons. The molecule has 1 aliphatic rings. The maximum atomic E-state index is 12.2. The number of nitrogens with one attached hydrogen (secondary N) is 2. The predicted octanol–water partition coefficient (Wildman–Crippen LogP) is 0.638. The molecule has 1 aromatic carbocycles. The minimum absolute atomic E-state index is 0.122. The number of benzene rings is 1. The van der Waals surface area contributed by atoms with E-state index in [1.807, 2.05) is 30.3 Å². The van der Waals surface area contributed by atoms with Crippen LogP contribution in [0, 0.1) is 0 Å². The van der Waals surface area contributed by atoms with Gasteiger partial charge in [-0.2, -0.15) is 5.10 Å². The number of rotatable bonds is 5.